The van der Waals surface area contributed by atoms with Gasteiger partial charge in [0.1, 0.15) is 6.10 Å². The fourth-order valence-corrected chi connectivity index (χ4v) is 1.52. The summed E-state index contributed by atoms with van der Waals surface area (Å²) in [5.74, 6) is 0. The maximum atomic E-state index is 10.2. The van der Waals surface area contributed by atoms with Crippen LogP contribution in [0.5, 0.6) is 0 Å². The van der Waals surface area contributed by atoms with E-state index in [-0.39, 0.29) is 85.5 Å². The van der Waals surface area contributed by atoms with Crippen LogP contribution in [-0.4, -0.2) is 60.6 Å². The third kappa shape index (κ3) is 24.4. The van der Waals surface area contributed by atoms with Gasteiger partial charge in [-0.15, -0.1) is 0 Å². The van der Waals surface area contributed by atoms with Crippen LogP contribution >= 0.6 is 15.6 Å². The van der Waals surface area contributed by atoms with Gasteiger partial charge in [0.05, 0.1) is 39.6 Å². The zero-order chi connectivity index (χ0) is 15.6. The normalized spacial score (nSPS) is 17.5. The Hall–Kier alpha value is 2.10. The summed E-state index contributed by atoms with van der Waals surface area (Å²) in [5, 5.41) is 9.30. The van der Waals surface area contributed by atoms with Crippen molar-refractivity contribution in [1.82, 2.24) is 0 Å². The molecule has 0 aromatic rings. The molecule has 0 aromatic carbocycles. The minimum Gasteiger partial charge on any atom is -0.756 e. The predicted molar refractivity (Wildman–Crippen MR) is 59.2 cm³/mol. The topological polar surface area (TPSA) is 178 Å². The minimum absolute atomic E-state index is 0. The van der Waals surface area contributed by atoms with Crippen molar-refractivity contribution < 1.29 is 111 Å². The van der Waals surface area contributed by atoms with Crippen molar-refractivity contribution in [1.29, 1.82) is 0 Å². The van der Waals surface area contributed by atoms with E-state index in [1.165, 1.54) is 0 Å². The van der Waals surface area contributed by atoms with E-state index in [9.17, 15) is 24.0 Å². The fraction of sp³-hybridized carbons (Fsp3) is 1.00. The van der Waals surface area contributed by atoms with Crippen molar-refractivity contribution in [3.63, 3.8) is 0 Å². The third-order valence-electron chi connectivity index (χ3n) is 1.58. The Morgan fingerprint density at radius 2 is 1.14 bits per heavy atom. The van der Waals surface area contributed by atoms with Crippen LogP contribution < -0.4 is 68.9 Å². The molecule has 2 atom stereocenters. The Morgan fingerprint density at radius 1 is 0.818 bits per heavy atom. The van der Waals surface area contributed by atoms with Gasteiger partial charge in [-0.1, -0.05) is 0 Å². The summed E-state index contributed by atoms with van der Waals surface area (Å²) in [7, 11) is -9.54. The smallest absolute Gasteiger partial charge is 0.756 e. The SMILES string of the molecule is O=P([O-])(O)OCCOCC(O)COCCOP(=O)([O-])O.[Na+].[Na+]. The van der Waals surface area contributed by atoms with E-state index in [1.54, 1.807) is 0 Å². The molecule has 0 fully saturated rings. The molecule has 122 valence electrons. The molecule has 0 heterocycles. The van der Waals surface area contributed by atoms with Gasteiger partial charge in [-0.2, -0.15) is 0 Å². The van der Waals surface area contributed by atoms with Gasteiger partial charge in [0.15, 0.2) is 0 Å². The Labute approximate surface area is 171 Å². The van der Waals surface area contributed by atoms with E-state index >= 15 is 0 Å². The van der Waals surface area contributed by atoms with Crippen LogP contribution in [0.4, 0.5) is 0 Å². The molecule has 0 bridgehead atoms. The van der Waals surface area contributed by atoms with Crippen LogP contribution in [0.2, 0.25) is 0 Å². The Balaban J connectivity index is -0.00000180. The van der Waals surface area contributed by atoms with Gasteiger partial charge in [0, 0.05) is 0 Å². The number of phosphoric acid groups is 2. The van der Waals surface area contributed by atoms with Crippen molar-refractivity contribution in [3.05, 3.63) is 0 Å². The summed E-state index contributed by atoms with van der Waals surface area (Å²) < 4.78 is 37.9. The molecule has 0 aliphatic heterocycles. The molecule has 0 aliphatic rings. The van der Waals surface area contributed by atoms with Gasteiger partial charge in [-0.05, 0) is 0 Å². The molecule has 22 heavy (non-hydrogen) atoms. The Kier molecular flexibility index (Phi) is 20.2. The number of hydrogen-bond acceptors (Lipinski definition) is 9. The Bertz CT molecular complexity index is 313. The van der Waals surface area contributed by atoms with Gasteiger partial charge in [0.2, 0.25) is 0 Å². The van der Waals surface area contributed by atoms with Crippen LogP contribution in [-0.2, 0) is 27.7 Å². The quantitative estimate of drug-likeness (QED) is 0.165. The van der Waals surface area contributed by atoms with Crippen molar-refractivity contribution >= 4 is 15.6 Å². The van der Waals surface area contributed by atoms with Crippen molar-refractivity contribution in [3.8, 4) is 0 Å². The number of hydrogen-bond donors (Lipinski definition) is 3. The minimum atomic E-state index is -4.77. The second-order valence-corrected chi connectivity index (χ2v) is 5.80. The van der Waals surface area contributed by atoms with Crippen molar-refractivity contribution in [2.24, 2.45) is 0 Å². The molecular weight excluding hydrogens is 368 g/mol. The maximum absolute atomic E-state index is 10.2. The molecule has 0 radical (unpaired) electrons. The van der Waals surface area contributed by atoms with Crippen molar-refractivity contribution in [2.75, 3.05) is 39.6 Å². The number of rotatable bonds is 12. The summed E-state index contributed by atoms with van der Waals surface area (Å²) in [6.07, 6.45) is -1.03. The summed E-state index contributed by atoms with van der Waals surface area (Å²) in [6.45, 7) is -1.49. The second-order valence-electron chi connectivity index (χ2n) is 3.41. The summed E-state index contributed by atoms with van der Waals surface area (Å²) in [4.78, 5) is 36.8. The van der Waals surface area contributed by atoms with Crippen LogP contribution in [0.3, 0.4) is 0 Å². The molecule has 11 nitrogen and oxygen atoms in total. The first kappa shape index (κ1) is 28.9. The molecule has 0 saturated carbocycles. The Morgan fingerprint density at radius 3 is 1.41 bits per heavy atom. The van der Waals surface area contributed by atoms with E-state index in [0.717, 1.165) is 0 Å². The first-order valence-electron chi connectivity index (χ1n) is 5.30. The molecule has 0 aromatic heterocycles. The molecule has 0 rings (SSSR count). The largest absolute Gasteiger partial charge is 1.00 e. The summed E-state index contributed by atoms with van der Waals surface area (Å²) in [6, 6.07) is 0. The molecule has 0 amide bonds. The monoisotopic (exact) mass is 384 g/mol. The average molecular weight is 384 g/mol. The van der Waals surface area contributed by atoms with E-state index < -0.39 is 35.0 Å². The van der Waals surface area contributed by atoms with Gasteiger partial charge in [-0.3, -0.25) is 9.13 Å². The number of ether oxygens (including phenoxy) is 2. The molecule has 0 aliphatic carbocycles. The second kappa shape index (κ2) is 15.4. The number of aliphatic hydroxyl groups excluding tert-OH is 1. The predicted octanol–water partition coefficient (Wildman–Crippen LogP) is -8.66. The number of aliphatic hydroxyl groups is 1. The zero-order valence-electron chi connectivity index (χ0n) is 12.3. The third-order valence-corrected chi connectivity index (χ3v) is 2.60. The van der Waals surface area contributed by atoms with E-state index in [2.05, 4.69) is 9.05 Å². The number of phosphoric ester groups is 2. The van der Waals surface area contributed by atoms with E-state index in [1.807, 2.05) is 0 Å². The van der Waals surface area contributed by atoms with Crippen LogP contribution in [0.25, 0.3) is 0 Å². The molecule has 3 N–H and O–H groups in total. The average Bonchev–Trinajstić information content (AvgIpc) is 2.25. The van der Waals surface area contributed by atoms with Gasteiger partial charge >= 0.3 is 59.1 Å². The van der Waals surface area contributed by atoms with Gasteiger partial charge < -0.3 is 43.2 Å². The van der Waals surface area contributed by atoms with E-state index in [4.69, 9.17) is 19.3 Å². The first-order chi connectivity index (χ1) is 9.10. The molecule has 0 spiro atoms. The van der Waals surface area contributed by atoms with Crippen LogP contribution in [0.15, 0.2) is 0 Å². The standard InChI is InChI=1S/C7H18O11P2.2Na/c8-7(5-15-1-3-17-19(9,10)11)6-16-2-4-18-20(12,13)14;;/h7-8H,1-6H2,(H2,9,10,11)(H2,12,13,14);;/q;2*+1/p-2. The van der Waals surface area contributed by atoms with Gasteiger partial charge in [-0.25, -0.2) is 0 Å². The molecule has 0 saturated heterocycles. The first-order valence-corrected chi connectivity index (χ1v) is 8.29. The van der Waals surface area contributed by atoms with Crippen LogP contribution in [0, 0.1) is 0 Å². The zero-order valence-corrected chi connectivity index (χ0v) is 18.1. The van der Waals surface area contributed by atoms with Crippen LogP contribution in [0.1, 0.15) is 0 Å². The fourth-order valence-electron chi connectivity index (χ4n) is 0.910. The molecule has 2 unspecified atom stereocenters. The summed E-state index contributed by atoms with van der Waals surface area (Å²) in [5.41, 5.74) is 0. The summed E-state index contributed by atoms with van der Waals surface area (Å²) >= 11 is 0. The maximum Gasteiger partial charge on any atom is 1.00 e. The van der Waals surface area contributed by atoms with Gasteiger partial charge in [0.25, 0.3) is 15.6 Å². The van der Waals surface area contributed by atoms with Crippen molar-refractivity contribution in [2.45, 2.75) is 6.10 Å². The molecular formula is C7H16Na2O11P2. The molecule has 15 heteroatoms. The van der Waals surface area contributed by atoms with E-state index in [0.29, 0.717) is 0 Å².